The summed E-state index contributed by atoms with van der Waals surface area (Å²) in [4.78, 5) is 27.5. The lowest BCUT2D eigenvalue weighted by atomic mass is 10.1. The number of Topliss-reactive ketones (excluding diaryl/α,β-unsaturated/α-hetero) is 1. The Labute approximate surface area is 140 Å². The molecule has 2 rings (SSSR count). The van der Waals surface area contributed by atoms with E-state index in [9.17, 15) is 18.0 Å². The van der Waals surface area contributed by atoms with Gasteiger partial charge in [-0.2, -0.15) is 0 Å². The largest absolute Gasteiger partial charge is 0.352 e. The number of hydrogen-bond acceptors (Lipinski definition) is 5. The van der Waals surface area contributed by atoms with E-state index >= 15 is 0 Å². The van der Waals surface area contributed by atoms with Crippen molar-refractivity contribution in [3.63, 3.8) is 0 Å². The second-order valence-electron chi connectivity index (χ2n) is 5.13. The number of carbonyl (C=O) groups excluding carboxylic acids is 2. The Balaban J connectivity index is 1.80. The standard InChI is InChI=1S/C16H17N3O4S/c17-24(22,23)14-5-3-12(4-6-14)10-19-16(21)8-7-15(20)13-2-1-9-18-11-13/h1-6,9,11H,7-8,10H2,(H,19,21)(H2,17,22,23). The summed E-state index contributed by atoms with van der Waals surface area (Å²) in [6.07, 6.45) is 3.21. The Morgan fingerprint density at radius 2 is 1.79 bits per heavy atom. The average molecular weight is 347 g/mol. The van der Waals surface area contributed by atoms with Gasteiger partial charge in [-0.15, -0.1) is 0 Å². The van der Waals surface area contributed by atoms with Gasteiger partial charge in [0.1, 0.15) is 0 Å². The second kappa shape index (κ2) is 7.80. The molecule has 7 nitrogen and oxygen atoms in total. The number of nitrogens with two attached hydrogens (primary N) is 1. The Morgan fingerprint density at radius 1 is 1.08 bits per heavy atom. The number of nitrogens with zero attached hydrogens (tertiary/aromatic N) is 1. The molecule has 0 radical (unpaired) electrons. The molecule has 1 aromatic carbocycles. The van der Waals surface area contributed by atoms with E-state index in [1.807, 2.05) is 0 Å². The SMILES string of the molecule is NS(=O)(=O)c1ccc(CNC(=O)CCC(=O)c2cccnc2)cc1. The third kappa shape index (κ3) is 5.25. The van der Waals surface area contributed by atoms with Gasteiger partial charge in [0.25, 0.3) is 0 Å². The molecule has 0 spiro atoms. The van der Waals surface area contributed by atoms with Crippen molar-refractivity contribution in [1.29, 1.82) is 0 Å². The average Bonchev–Trinajstić information content (AvgIpc) is 2.58. The van der Waals surface area contributed by atoms with Crippen molar-refractivity contribution in [2.45, 2.75) is 24.3 Å². The van der Waals surface area contributed by atoms with E-state index in [2.05, 4.69) is 10.3 Å². The summed E-state index contributed by atoms with van der Waals surface area (Å²) in [6, 6.07) is 9.21. The lowest BCUT2D eigenvalue weighted by Crippen LogP contribution is -2.23. The molecule has 0 fully saturated rings. The van der Waals surface area contributed by atoms with Crippen molar-refractivity contribution in [3.05, 3.63) is 59.9 Å². The highest BCUT2D eigenvalue weighted by Gasteiger charge is 2.10. The molecule has 0 aliphatic rings. The van der Waals surface area contributed by atoms with Crippen LogP contribution in [0.5, 0.6) is 0 Å². The summed E-state index contributed by atoms with van der Waals surface area (Å²) >= 11 is 0. The maximum atomic E-state index is 11.9. The molecule has 3 N–H and O–H groups in total. The highest BCUT2D eigenvalue weighted by molar-refractivity contribution is 7.89. The molecule has 1 heterocycles. The Kier molecular flexibility index (Phi) is 5.78. The first kappa shape index (κ1) is 17.8. The normalized spacial score (nSPS) is 11.0. The molecule has 0 unspecified atom stereocenters. The Bertz CT molecular complexity index is 818. The van der Waals surface area contributed by atoms with Gasteiger partial charge in [-0.05, 0) is 29.8 Å². The fourth-order valence-electron chi connectivity index (χ4n) is 1.99. The summed E-state index contributed by atoms with van der Waals surface area (Å²) in [7, 11) is -3.73. The number of aromatic nitrogens is 1. The van der Waals surface area contributed by atoms with Crippen molar-refractivity contribution >= 4 is 21.7 Å². The van der Waals surface area contributed by atoms with Gasteiger partial charge in [-0.1, -0.05) is 12.1 Å². The molecular formula is C16H17N3O4S. The van der Waals surface area contributed by atoms with Crippen LogP contribution in [0.2, 0.25) is 0 Å². The quantitative estimate of drug-likeness (QED) is 0.724. The zero-order chi connectivity index (χ0) is 17.6. The molecule has 1 aromatic heterocycles. The van der Waals surface area contributed by atoms with Crippen molar-refractivity contribution in [3.8, 4) is 0 Å². The minimum atomic E-state index is -3.73. The summed E-state index contributed by atoms with van der Waals surface area (Å²) in [5.41, 5.74) is 1.21. The third-order valence-corrected chi connectivity index (χ3v) is 4.23. The first-order valence-electron chi connectivity index (χ1n) is 7.18. The van der Waals surface area contributed by atoms with Gasteiger partial charge in [-0.25, -0.2) is 13.6 Å². The van der Waals surface area contributed by atoms with E-state index in [1.165, 1.54) is 18.3 Å². The highest BCUT2D eigenvalue weighted by Crippen LogP contribution is 2.09. The van der Waals surface area contributed by atoms with Gasteiger partial charge in [-0.3, -0.25) is 14.6 Å². The van der Waals surface area contributed by atoms with Crippen LogP contribution in [0.3, 0.4) is 0 Å². The van der Waals surface area contributed by atoms with E-state index in [-0.39, 0.29) is 36.0 Å². The first-order chi connectivity index (χ1) is 11.4. The molecule has 0 aliphatic heterocycles. The van der Waals surface area contributed by atoms with Crippen molar-refractivity contribution < 1.29 is 18.0 Å². The van der Waals surface area contributed by atoms with Crippen LogP contribution < -0.4 is 10.5 Å². The number of hydrogen-bond donors (Lipinski definition) is 2. The summed E-state index contributed by atoms with van der Waals surface area (Å²) in [5.74, 6) is -0.404. The maximum Gasteiger partial charge on any atom is 0.238 e. The van der Waals surface area contributed by atoms with Gasteiger partial charge >= 0.3 is 0 Å². The molecule has 24 heavy (non-hydrogen) atoms. The summed E-state index contributed by atoms with van der Waals surface area (Å²) in [5, 5.41) is 7.69. The van der Waals surface area contributed by atoms with Gasteiger partial charge in [0.05, 0.1) is 4.90 Å². The van der Waals surface area contributed by atoms with Gasteiger partial charge < -0.3 is 5.32 Å². The Morgan fingerprint density at radius 3 is 2.38 bits per heavy atom. The molecule has 0 atom stereocenters. The zero-order valence-corrected chi connectivity index (χ0v) is 13.6. The predicted molar refractivity (Wildman–Crippen MR) is 87.5 cm³/mol. The van der Waals surface area contributed by atoms with E-state index in [4.69, 9.17) is 5.14 Å². The minimum absolute atomic E-state index is 0.0136. The number of carbonyl (C=O) groups is 2. The molecule has 0 saturated heterocycles. The molecule has 1 amide bonds. The monoisotopic (exact) mass is 347 g/mol. The van der Waals surface area contributed by atoms with Crippen molar-refractivity contribution in [2.75, 3.05) is 0 Å². The smallest absolute Gasteiger partial charge is 0.238 e. The van der Waals surface area contributed by atoms with Gasteiger partial charge in [0, 0.05) is 37.3 Å². The van der Waals surface area contributed by atoms with Crippen molar-refractivity contribution in [1.82, 2.24) is 10.3 Å². The molecule has 126 valence electrons. The van der Waals surface area contributed by atoms with Crippen LogP contribution >= 0.6 is 0 Å². The zero-order valence-electron chi connectivity index (χ0n) is 12.8. The lowest BCUT2D eigenvalue weighted by molar-refractivity contribution is -0.121. The first-order valence-corrected chi connectivity index (χ1v) is 8.72. The number of rotatable bonds is 7. The van der Waals surface area contributed by atoms with Crippen LogP contribution in [-0.2, 0) is 21.4 Å². The Hall–Kier alpha value is -2.58. The van der Waals surface area contributed by atoms with Crippen LogP contribution in [-0.4, -0.2) is 25.1 Å². The van der Waals surface area contributed by atoms with Gasteiger partial charge in [0.2, 0.25) is 15.9 Å². The maximum absolute atomic E-state index is 11.9. The van der Waals surface area contributed by atoms with Crippen LogP contribution in [0.4, 0.5) is 0 Å². The fourth-order valence-corrected chi connectivity index (χ4v) is 2.50. The highest BCUT2D eigenvalue weighted by atomic mass is 32.2. The molecule has 0 saturated carbocycles. The number of primary sulfonamides is 1. The molecule has 0 aliphatic carbocycles. The molecule has 2 aromatic rings. The van der Waals surface area contributed by atoms with Crippen LogP contribution in [0.25, 0.3) is 0 Å². The lowest BCUT2D eigenvalue weighted by Gasteiger charge is -2.06. The van der Waals surface area contributed by atoms with Crippen LogP contribution in [0.1, 0.15) is 28.8 Å². The second-order valence-corrected chi connectivity index (χ2v) is 6.69. The molecule has 8 heteroatoms. The van der Waals surface area contributed by atoms with E-state index in [0.717, 1.165) is 5.56 Å². The number of pyridine rings is 1. The predicted octanol–water partition coefficient (Wildman–Crippen LogP) is 1.01. The minimum Gasteiger partial charge on any atom is -0.352 e. The number of sulfonamides is 1. The molecular weight excluding hydrogens is 330 g/mol. The van der Waals surface area contributed by atoms with E-state index < -0.39 is 10.0 Å². The number of amides is 1. The topological polar surface area (TPSA) is 119 Å². The summed E-state index contributed by atoms with van der Waals surface area (Å²) in [6.45, 7) is 0.241. The van der Waals surface area contributed by atoms with Crippen LogP contribution in [0, 0.1) is 0 Å². The fraction of sp³-hybridized carbons (Fsp3) is 0.188. The van der Waals surface area contributed by atoms with E-state index in [1.54, 1.807) is 30.5 Å². The molecule has 0 bridgehead atoms. The van der Waals surface area contributed by atoms with Gasteiger partial charge in [0.15, 0.2) is 5.78 Å². The summed E-state index contributed by atoms with van der Waals surface area (Å²) < 4.78 is 22.3. The number of ketones is 1. The van der Waals surface area contributed by atoms with E-state index in [0.29, 0.717) is 5.56 Å². The number of benzene rings is 1. The van der Waals surface area contributed by atoms with Crippen LogP contribution in [0.15, 0.2) is 53.7 Å². The number of nitrogens with one attached hydrogen (secondary N) is 1. The van der Waals surface area contributed by atoms with Crippen molar-refractivity contribution in [2.24, 2.45) is 5.14 Å². The third-order valence-electron chi connectivity index (χ3n) is 3.30.